The van der Waals surface area contributed by atoms with Crippen LogP contribution in [0, 0.1) is 0 Å². The number of rotatable bonds is 8. The van der Waals surface area contributed by atoms with E-state index >= 15 is 0 Å². The fourth-order valence-corrected chi connectivity index (χ4v) is 4.28. The number of nitrogens with one attached hydrogen (secondary N) is 2. The van der Waals surface area contributed by atoms with Crippen molar-refractivity contribution >= 4 is 32.7 Å². The summed E-state index contributed by atoms with van der Waals surface area (Å²) in [6, 6.07) is 11.0. The number of hydrogen-bond acceptors (Lipinski definition) is 9. The molecule has 11 heteroatoms. The monoisotopic (exact) mass is 478 g/mol. The molecule has 0 aliphatic heterocycles. The van der Waals surface area contributed by atoms with E-state index in [9.17, 15) is 8.42 Å². The van der Waals surface area contributed by atoms with E-state index in [0.717, 1.165) is 34.3 Å². The van der Waals surface area contributed by atoms with Gasteiger partial charge in [0.2, 0.25) is 16.0 Å². The summed E-state index contributed by atoms with van der Waals surface area (Å²) in [6.07, 6.45) is 4.98. The maximum Gasteiger partial charge on any atom is 0.243 e. The standard InChI is InChI=1S/C23H26N8O2S/c1-25-34(32,33)20-13-17(14-28-22(20)24)16-4-5-19-18(12-16)21(15-6-8-26-9-7-15)30-23(29-19)27-10-11-31(2)3/h4-9,12-14,25H,10-11H2,1-3H3,(H2,24,28)(H,27,29,30). The van der Waals surface area contributed by atoms with Crippen molar-refractivity contribution in [3.8, 4) is 22.4 Å². The molecule has 0 fully saturated rings. The van der Waals surface area contributed by atoms with E-state index in [4.69, 9.17) is 10.7 Å². The highest BCUT2D eigenvalue weighted by atomic mass is 32.2. The minimum absolute atomic E-state index is 0.0619. The molecule has 0 aliphatic carbocycles. The molecule has 1 aromatic carbocycles. The van der Waals surface area contributed by atoms with Crippen molar-refractivity contribution in [1.29, 1.82) is 0 Å². The molecule has 0 atom stereocenters. The summed E-state index contributed by atoms with van der Waals surface area (Å²) in [5.41, 5.74) is 9.59. The third-order valence-corrected chi connectivity index (χ3v) is 6.71. The van der Waals surface area contributed by atoms with E-state index in [2.05, 4.69) is 29.9 Å². The van der Waals surface area contributed by atoms with Gasteiger partial charge in [0.05, 0.1) is 11.2 Å². The van der Waals surface area contributed by atoms with Crippen molar-refractivity contribution in [3.63, 3.8) is 0 Å². The Bertz CT molecular complexity index is 1430. The van der Waals surface area contributed by atoms with E-state index in [0.29, 0.717) is 18.1 Å². The van der Waals surface area contributed by atoms with Crippen LogP contribution in [0.25, 0.3) is 33.3 Å². The first kappa shape index (κ1) is 23.5. The second kappa shape index (κ2) is 9.67. The molecule has 0 saturated heterocycles. The van der Waals surface area contributed by atoms with Crippen molar-refractivity contribution in [1.82, 2.24) is 29.6 Å². The number of fused-ring (bicyclic) bond motifs is 1. The van der Waals surface area contributed by atoms with Crippen LogP contribution >= 0.6 is 0 Å². The highest BCUT2D eigenvalue weighted by Gasteiger charge is 2.18. The normalized spacial score (nSPS) is 11.8. The van der Waals surface area contributed by atoms with Crippen molar-refractivity contribution in [3.05, 3.63) is 55.0 Å². The van der Waals surface area contributed by atoms with Crippen molar-refractivity contribution < 1.29 is 8.42 Å². The summed E-state index contributed by atoms with van der Waals surface area (Å²) >= 11 is 0. The number of nitrogens with zero attached hydrogens (tertiary/aromatic N) is 5. The van der Waals surface area contributed by atoms with Gasteiger partial charge in [0.1, 0.15) is 10.7 Å². The van der Waals surface area contributed by atoms with E-state index in [1.807, 2.05) is 44.4 Å². The molecule has 3 aromatic heterocycles. The van der Waals surface area contributed by atoms with Gasteiger partial charge in [0.25, 0.3) is 0 Å². The quantitative estimate of drug-likeness (QED) is 0.348. The second-order valence-corrected chi connectivity index (χ2v) is 9.76. The molecule has 0 radical (unpaired) electrons. The van der Waals surface area contributed by atoms with Crippen LogP contribution < -0.4 is 15.8 Å². The smallest absolute Gasteiger partial charge is 0.243 e. The molecule has 10 nitrogen and oxygen atoms in total. The SMILES string of the molecule is CNS(=O)(=O)c1cc(-c2ccc3nc(NCCN(C)C)nc(-c4ccncc4)c3c2)cnc1N. The number of nitrogen functional groups attached to an aromatic ring is 1. The van der Waals surface area contributed by atoms with Gasteiger partial charge >= 0.3 is 0 Å². The predicted molar refractivity (Wildman–Crippen MR) is 134 cm³/mol. The third-order valence-electron chi connectivity index (χ3n) is 5.26. The molecule has 0 saturated carbocycles. The number of anilines is 2. The summed E-state index contributed by atoms with van der Waals surface area (Å²) in [4.78, 5) is 19.7. The van der Waals surface area contributed by atoms with Crippen LogP contribution in [0.1, 0.15) is 0 Å². The molecule has 4 N–H and O–H groups in total. The molecule has 0 amide bonds. The third kappa shape index (κ3) is 4.96. The van der Waals surface area contributed by atoms with Crippen LogP contribution in [-0.2, 0) is 10.0 Å². The molecule has 4 aromatic rings. The molecule has 3 heterocycles. The van der Waals surface area contributed by atoms with E-state index in [1.54, 1.807) is 18.6 Å². The Hall–Kier alpha value is -3.67. The Morgan fingerprint density at radius 3 is 2.47 bits per heavy atom. The van der Waals surface area contributed by atoms with Gasteiger partial charge in [-0.25, -0.2) is 28.1 Å². The topological polar surface area (TPSA) is 139 Å². The fourth-order valence-electron chi connectivity index (χ4n) is 3.45. The first-order chi connectivity index (χ1) is 16.3. The summed E-state index contributed by atoms with van der Waals surface area (Å²) in [5.74, 6) is 0.471. The van der Waals surface area contributed by atoms with Gasteiger partial charge < -0.3 is 16.0 Å². The molecule has 0 spiro atoms. The molecular weight excluding hydrogens is 452 g/mol. The van der Waals surface area contributed by atoms with Gasteiger partial charge in [-0.1, -0.05) is 6.07 Å². The largest absolute Gasteiger partial charge is 0.383 e. The molecular formula is C23H26N8O2S. The highest BCUT2D eigenvalue weighted by Crippen LogP contribution is 2.32. The van der Waals surface area contributed by atoms with Crippen LogP contribution in [0.3, 0.4) is 0 Å². The maximum atomic E-state index is 12.4. The van der Waals surface area contributed by atoms with Gasteiger partial charge in [-0.05, 0) is 57.0 Å². The lowest BCUT2D eigenvalue weighted by Gasteiger charge is -2.14. The zero-order valence-corrected chi connectivity index (χ0v) is 20.0. The van der Waals surface area contributed by atoms with Gasteiger partial charge in [0.15, 0.2) is 0 Å². The molecule has 4 rings (SSSR count). The lowest BCUT2D eigenvalue weighted by atomic mass is 10.0. The number of nitrogens with two attached hydrogens (primary N) is 1. The van der Waals surface area contributed by atoms with Crippen molar-refractivity contribution in [2.75, 3.05) is 45.3 Å². The number of hydrogen-bond donors (Lipinski definition) is 3. The second-order valence-electron chi connectivity index (χ2n) is 7.91. The van der Waals surface area contributed by atoms with Crippen LogP contribution in [-0.4, -0.2) is 67.5 Å². The molecule has 34 heavy (non-hydrogen) atoms. The Morgan fingerprint density at radius 1 is 1.00 bits per heavy atom. The fraction of sp³-hybridized carbons (Fsp3) is 0.217. The Kier molecular flexibility index (Phi) is 6.68. The average molecular weight is 479 g/mol. The number of benzene rings is 1. The number of pyridine rings is 2. The Labute approximate surface area is 198 Å². The summed E-state index contributed by atoms with van der Waals surface area (Å²) in [5, 5.41) is 4.10. The van der Waals surface area contributed by atoms with Gasteiger partial charge in [-0.15, -0.1) is 0 Å². The first-order valence-electron chi connectivity index (χ1n) is 10.6. The van der Waals surface area contributed by atoms with Gasteiger partial charge in [0, 0.05) is 48.2 Å². The minimum atomic E-state index is -3.75. The van der Waals surface area contributed by atoms with Crippen LogP contribution in [0.4, 0.5) is 11.8 Å². The molecule has 176 valence electrons. The minimum Gasteiger partial charge on any atom is -0.383 e. The molecule has 0 aliphatic rings. The maximum absolute atomic E-state index is 12.4. The summed E-state index contributed by atoms with van der Waals surface area (Å²) in [7, 11) is 1.59. The van der Waals surface area contributed by atoms with E-state index < -0.39 is 10.0 Å². The van der Waals surface area contributed by atoms with Crippen molar-refractivity contribution in [2.24, 2.45) is 0 Å². The average Bonchev–Trinajstić information content (AvgIpc) is 2.84. The predicted octanol–water partition coefficient (Wildman–Crippen LogP) is 2.22. The summed E-state index contributed by atoms with van der Waals surface area (Å²) in [6.45, 7) is 1.54. The molecule has 0 bridgehead atoms. The lowest BCUT2D eigenvalue weighted by molar-refractivity contribution is 0.425. The van der Waals surface area contributed by atoms with Crippen LogP contribution in [0.15, 0.2) is 59.9 Å². The number of likely N-dealkylation sites (N-methyl/N-ethyl adjacent to an activating group) is 1. The van der Waals surface area contributed by atoms with Crippen LogP contribution in [0.5, 0.6) is 0 Å². The number of aromatic nitrogens is 4. The number of sulfonamides is 1. The van der Waals surface area contributed by atoms with Crippen LogP contribution in [0.2, 0.25) is 0 Å². The Morgan fingerprint density at radius 2 is 1.76 bits per heavy atom. The zero-order chi connectivity index (χ0) is 24.3. The van der Waals surface area contributed by atoms with E-state index in [-0.39, 0.29) is 10.7 Å². The lowest BCUT2D eigenvalue weighted by Crippen LogP contribution is -2.21. The summed E-state index contributed by atoms with van der Waals surface area (Å²) < 4.78 is 27.0. The van der Waals surface area contributed by atoms with Crippen molar-refractivity contribution in [2.45, 2.75) is 4.90 Å². The highest BCUT2D eigenvalue weighted by molar-refractivity contribution is 7.89. The van der Waals surface area contributed by atoms with E-state index in [1.165, 1.54) is 13.1 Å². The first-order valence-corrected chi connectivity index (χ1v) is 12.1. The Balaban J connectivity index is 1.84. The van der Waals surface area contributed by atoms with Gasteiger partial charge in [-0.3, -0.25) is 4.98 Å². The molecule has 0 unspecified atom stereocenters. The zero-order valence-electron chi connectivity index (χ0n) is 19.1. The van der Waals surface area contributed by atoms with Gasteiger partial charge in [-0.2, -0.15) is 0 Å².